The second kappa shape index (κ2) is 29.7. The number of ether oxygens (including phenoxy) is 1. The number of carbonyl (C=O) groups excluding carboxylic acids is 1. The number of unbranched alkanes of at least 4 members (excludes halogenated alkanes) is 9. The molecule has 0 aliphatic rings. The minimum Gasteiger partial charge on any atom is -0.481 e. The first-order chi connectivity index (χ1) is 21.3. The Morgan fingerprint density at radius 2 is 1.47 bits per heavy atom. The predicted octanol–water partition coefficient (Wildman–Crippen LogP) is 4.62. The molecule has 7 N–H and O–H groups in total. The van der Waals surface area contributed by atoms with Crippen molar-refractivity contribution in [1.29, 1.82) is 0 Å². The van der Waals surface area contributed by atoms with E-state index in [-0.39, 0.29) is 25.2 Å². The third-order valence-corrected chi connectivity index (χ3v) is 6.93. The van der Waals surface area contributed by atoms with Gasteiger partial charge in [-0.1, -0.05) is 95.0 Å². The molecule has 0 spiro atoms. The number of carboxylic acid groups (broad SMARTS) is 3. The number of thioether (sulfide) groups is 1. The molecule has 0 aliphatic carbocycles. The molecule has 1 aromatic carbocycles. The van der Waals surface area contributed by atoms with E-state index < -0.39 is 45.9 Å². The Bertz CT molecular complexity index is 1070. The molecule has 0 saturated heterocycles. The Kier molecular flexibility index (Phi) is 29.2. The molecule has 0 aromatic heterocycles. The Hall–Kier alpha value is -2.98. The van der Waals surface area contributed by atoms with Crippen LogP contribution in [0.2, 0.25) is 0 Å². The van der Waals surface area contributed by atoms with E-state index >= 15 is 0 Å². The van der Waals surface area contributed by atoms with E-state index in [1.165, 1.54) is 63.1 Å². The van der Waals surface area contributed by atoms with Crippen molar-refractivity contribution in [2.24, 2.45) is 5.73 Å². The number of aliphatic carboxylic acids is 3. The molecule has 0 unspecified atom stereocenters. The van der Waals surface area contributed by atoms with Crippen LogP contribution < -0.4 is 11.1 Å². The van der Waals surface area contributed by atoms with Crippen molar-refractivity contribution < 1.29 is 52.2 Å². The Morgan fingerprint density at radius 3 is 1.96 bits per heavy atom. The van der Waals surface area contributed by atoms with Gasteiger partial charge in [0.25, 0.3) is 10.1 Å². The lowest BCUT2D eigenvalue weighted by molar-refractivity contribution is -0.142. The number of carboxylic acids is 3. The van der Waals surface area contributed by atoms with Gasteiger partial charge in [-0.15, -0.1) is 11.8 Å². The van der Waals surface area contributed by atoms with E-state index in [2.05, 4.69) is 6.92 Å². The molecule has 1 atom stereocenters. The van der Waals surface area contributed by atoms with Crippen LogP contribution in [0.5, 0.6) is 0 Å². The lowest BCUT2D eigenvalue weighted by atomic mass is 10.1. The van der Waals surface area contributed by atoms with Gasteiger partial charge in [-0.25, -0.2) is 4.79 Å². The highest BCUT2D eigenvalue weighted by Gasteiger charge is 2.14. The number of hydrogen-bond donors (Lipinski definition) is 6. The first kappa shape index (κ1) is 44.1. The van der Waals surface area contributed by atoms with E-state index in [4.69, 9.17) is 30.3 Å². The van der Waals surface area contributed by atoms with Crippen molar-refractivity contribution in [2.45, 2.75) is 90.0 Å². The standard InChI is InChI=1S/C14H28O3.C10H10O2S.C6H12N2O6S/c1-2-3-4-5-6-7-8-9-10-11-12-17-13-14(15)16;11-10(12)8-13-7-6-9-4-2-1-3-5-9;7-4(6(10)11)1-2-5(9)8-3-15(12,13)14/h2-13H2,1H3,(H,15,16);1-7H,8H2,(H,11,12);4H,1-3,7H2,(H,8,9)(H,10,11)(H,12,13,14)/b;7-6-;/t;;4-/m..1/s1. The number of nitrogens with two attached hydrogens (primary N) is 1. The summed E-state index contributed by atoms with van der Waals surface area (Å²) in [6.45, 7) is 2.67. The van der Waals surface area contributed by atoms with Crippen LogP contribution in [0.15, 0.2) is 35.7 Å². The molecule has 0 heterocycles. The van der Waals surface area contributed by atoms with E-state index in [0.29, 0.717) is 6.61 Å². The summed E-state index contributed by atoms with van der Waals surface area (Å²) in [5.74, 6) is -4.38. The predicted molar refractivity (Wildman–Crippen MR) is 175 cm³/mol. The highest BCUT2D eigenvalue weighted by Crippen LogP contribution is 2.10. The van der Waals surface area contributed by atoms with Gasteiger partial charge >= 0.3 is 17.9 Å². The van der Waals surface area contributed by atoms with Gasteiger partial charge in [0, 0.05) is 13.0 Å². The van der Waals surface area contributed by atoms with E-state index in [9.17, 15) is 27.6 Å². The molecule has 13 nitrogen and oxygen atoms in total. The molecule has 1 rings (SSSR count). The molecular weight excluding hydrogens is 628 g/mol. The quantitative estimate of drug-likeness (QED) is 0.0686. The molecule has 1 amide bonds. The largest absolute Gasteiger partial charge is 0.481 e. The van der Waals surface area contributed by atoms with Crippen molar-refractivity contribution in [3.8, 4) is 0 Å². The average Bonchev–Trinajstić information content (AvgIpc) is 2.98. The summed E-state index contributed by atoms with van der Waals surface area (Å²) >= 11 is 1.28. The van der Waals surface area contributed by atoms with Crippen LogP contribution in [0.3, 0.4) is 0 Å². The van der Waals surface area contributed by atoms with Crippen molar-refractivity contribution in [1.82, 2.24) is 5.32 Å². The van der Waals surface area contributed by atoms with Gasteiger partial charge in [-0.2, -0.15) is 8.42 Å². The third-order valence-electron chi connectivity index (χ3n) is 5.68. The summed E-state index contributed by atoms with van der Waals surface area (Å²) in [6, 6.07) is 8.61. The Morgan fingerprint density at radius 1 is 0.911 bits per heavy atom. The molecule has 258 valence electrons. The lowest BCUT2D eigenvalue weighted by Crippen LogP contribution is -2.34. The van der Waals surface area contributed by atoms with E-state index in [0.717, 1.165) is 18.4 Å². The summed E-state index contributed by atoms with van der Waals surface area (Å²) in [5, 5.41) is 28.8. The maximum Gasteiger partial charge on any atom is 0.329 e. The molecule has 45 heavy (non-hydrogen) atoms. The highest BCUT2D eigenvalue weighted by molar-refractivity contribution is 8.02. The first-order valence-corrected chi connectivity index (χ1v) is 17.5. The second-order valence-electron chi connectivity index (χ2n) is 9.86. The Balaban J connectivity index is 0. The fourth-order valence-electron chi connectivity index (χ4n) is 3.33. The topological polar surface area (TPSA) is 231 Å². The summed E-state index contributed by atoms with van der Waals surface area (Å²) in [4.78, 5) is 41.4. The van der Waals surface area contributed by atoms with Crippen molar-refractivity contribution in [3.05, 3.63) is 41.3 Å². The first-order valence-electron chi connectivity index (χ1n) is 14.8. The number of carbonyl (C=O) groups is 4. The minimum atomic E-state index is -4.25. The molecular formula is C30H50N2O11S2. The van der Waals surface area contributed by atoms with Crippen molar-refractivity contribution in [2.75, 3.05) is 24.8 Å². The van der Waals surface area contributed by atoms with E-state index in [1.54, 1.807) is 5.41 Å². The molecule has 0 fully saturated rings. The van der Waals surface area contributed by atoms with Crippen molar-refractivity contribution in [3.63, 3.8) is 0 Å². The summed E-state index contributed by atoms with van der Waals surface area (Å²) in [7, 11) is -4.25. The number of amides is 1. The van der Waals surface area contributed by atoms with Gasteiger partial charge < -0.3 is 31.1 Å². The van der Waals surface area contributed by atoms with Gasteiger partial charge in [0.05, 0.1) is 5.75 Å². The SMILES string of the molecule is CCCCCCCCCCCCOCC(=O)O.N[C@H](CCC(=O)NCS(=O)(=O)O)C(=O)O.O=C(O)CS/C=C\c1ccccc1. The van der Waals surface area contributed by atoms with Crippen LogP contribution in [0, 0.1) is 0 Å². The summed E-state index contributed by atoms with van der Waals surface area (Å²) in [6.07, 6.45) is 14.5. The van der Waals surface area contributed by atoms with Crippen molar-refractivity contribution >= 4 is 51.8 Å². The van der Waals surface area contributed by atoms with Crippen LogP contribution in [0.1, 0.15) is 89.5 Å². The third kappa shape index (κ3) is 37.1. The molecule has 0 bridgehead atoms. The van der Waals surface area contributed by atoms with Gasteiger partial charge in [-0.3, -0.25) is 18.9 Å². The lowest BCUT2D eigenvalue weighted by Gasteiger charge is -2.05. The van der Waals surface area contributed by atoms with Crippen LogP contribution in [0.25, 0.3) is 6.08 Å². The molecule has 0 saturated carbocycles. The maximum atomic E-state index is 10.9. The molecule has 1 aromatic rings. The minimum absolute atomic E-state index is 0.105. The number of benzene rings is 1. The highest BCUT2D eigenvalue weighted by atomic mass is 32.2. The zero-order valence-corrected chi connectivity index (χ0v) is 27.6. The normalized spacial score (nSPS) is 11.4. The van der Waals surface area contributed by atoms with Gasteiger partial charge in [0.1, 0.15) is 18.5 Å². The second-order valence-corrected chi connectivity index (χ2v) is 12.2. The Labute approximate surface area is 270 Å². The van der Waals surface area contributed by atoms with E-state index in [1.807, 2.05) is 41.7 Å². The van der Waals surface area contributed by atoms with Gasteiger partial charge in [0.2, 0.25) is 5.91 Å². The number of rotatable bonds is 23. The summed E-state index contributed by atoms with van der Waals surface area (Å²) in [5.41, 5.74) is 6.18. The average molecular weight is 679 g/mol. The molecule has 0 radical (unpaired) electrons. The molecule has 15 heteroatoms. The zero-order valence-electron chi connectivity index (χ0n) is 26.0. The van der Waals surface area contributed by atoms with Crippen LogP contribution in [-0.2, 0) is 34.0 Å². The number of nitrogens with one attached hydrogen (secondary N) is 1. The fourth-order valence-corrected chi connectivity index (χ4v) is 4.17. The van der Waals surface area contributed by atoms with Crippen LogP contribution >= 0.6 is 11.8 Å². The van der Waals surface area contributed by atoms with Gasteiger partial charge in [-0.05, 0) is 29.9 Å². The molecule has 0 aliphatic heterocycles. The monoisotopic (exact) mass is 678 g/mol. The van der Waals surface area contributed by atoms with Crippen LogP contribution in [0.4, 0.5) is 0 Å². The van der Waals surface area contributed by atoms with Gasteiger partial charge in [0.15, 0.2) is 0 Å². The number of hydrogen-bond acceptors (Lipinski definition) is 9. The fraction of sp³-hybridized carbons (Fsp3) is 0.600. The van der Waals surface area contributed by atoms with Crippen LogP contribution in [-0.4, -0.2) is 83.0 Å². The zero-order chi connectivity index (χ0) is 34.3. The maximum absolute atomic E-state index is 10.9. The summed E-state index contributed by atoms with van der Waals surface area (Å²) < 4.78 is 33.6. The smallest absolute Gasteiger partial charge is 0.329 e.